The molecule has 0 aliphatic rings. The molecular weight excluding hydrogens is 382 g/mol. The molecule has 0 atom stereocenters. The molecule has 4 aromatic rings. The number of halogens is 1. The quantitative estimate of drug-likeness (QED) is 0.523. The van der Waals surface area contributed by atoms with Gasteiger partial charge < -0.3 is 0 Å². The Hall–Kier alpha value is -3.03. The van der Waals surface area contributed by atoms with Gasteiger partial charge in [0.2, 0.25) is 0 Å². The Labute approximate surface area is 164 Å². The van der Waals surface area contributed by atoms with Gasteiger partial charge in [-0.15, -0.1) is 11.3 Å². The van der Waals surface area contributed by atoms with E-state index in [4.69, 9.17) is 11.6 Å². The molecule has 134 valence electrons. The average molecular weight is 396 g/mol. The highest BCUT2D eigenvalue weighted by Crippen LogP contribution is 2.23. The number of benzene rings is 2. The van der Waals surface area contributed by atoms with Gasteiger partial charge in [0.05, 0.1) is 0 Å². The van der Waals surface area contributed by atoms with Crippen molar-refractivity contribution >= 4 is 34.0 Å². The van der Waals surface area contributed by atoms with Crippen LogP contribution in [0.5, 0.6) is 0 Å². The summed E-state index contributed by atoms with van der Waals surface area (Å²) in [7, 11) is 0. The predicted octanol–water partition coefficient (Wildman–Crippen LogP) is 4.42. The smallest absolute Gasteiger partial charge is 0.257 e. The van der Waals surface area contributed by atoms with E-state index in [2.05, 4.69) is 25.5 Å². The third-order valence-corrected chi connectivity index (χ3v) is 5.07. The van der Waals surface area contributed by atoms with E-state index >= 15 is 0 Å². The van der Waals surface area contributed by atoms with Crippen molar-refractivity contribution in [2.45, 2.75) is 6.42 Å². The van der Waals surface area contributed by atoms with Gasteiger partial charge in [0.15, 0.2) is 11.0 Å². The number of anilines is 1. The van der Waals surface area contributed by atoms with Crippen molar-refractivity contribution in [2.24, 2.45) is 0 Å². The largest absolute Gasteiger partial charge is 0.298 e. The molecule has 2 N–H and O–H groups in total. The van der Waals surface area contributed by atoms with Gasteiger partial charge in [0.1, 0.15) is 6.33 Å². The van der Waals surface area contributed by atoms with Gasteiger partial charge in [-0.05, 0) is 29.8 Å². The maximum atomic E-state index is 12.4. The Kier molecular flexibility index (Phi) is 4.95. The molecule has 0 fully saturated rings. The molecule has 8 heteroatoms. The van der Waals surface area contributed by atoms with E-state index in [1.54, 1.807) is 18.3 Å². The van der Waals surface area contributed by atoms with Crippen molar-refractivity contribution in [3.8, 4) is 11.4 Å². The lowest BCUT2D eigenvalue weighted by molar-refractivity contribution is 0.102. The molecule has 0 saturated carbocycles. The van der Waals surface area contributed by atoms with E-state index in [9.17, 15) is 4.79 Å². The number of carbonyl (C=O) groups is 1. The number of aromatic nitrogens is 4. The number of amides is 1. The average Bonchev–Trinajstić information content (AvgIpc) is 3.36. The van der Waals surface area contributed by atoms with E-state index in [1.165, 1.54) is 17.7 Å². The highest BCUT2D eigenvalue weighted by Gasteiger charge is 2.10. The predicted molar refractivity (Wildman–Crippen MR) is 106 cm³/mol. The van der Waals surface area contributed by atoms with E-state index in [-0.39, 0.29) is 5.91 Å². The molecule has 0 radical (unpaired) electrons. The molecule has 6 nitrogen and oxygen atoms in total. The molecule has 0 unspecified atom stereocenters. The minimum Gasteiger partial charge on any atom is -0.298 e. The first-order valence-corrected chi connectivity index (χ1v) is 9.33. The van der Waals surface area contributed by atoms with Crippen LogP contribution >= 0.6 is 22.9 Å². The minimum absolute atomic E-state index is 0.202. The molecule has 2 heterocycles. The van der Waals surface area contributed by atoms with E-state index in [0.29, 0.717) is 21.5 Å². The van der Waals surface area contributed by atoms with Gasteiger partial charge in [0, 0.05) is 33.6 Å². The number of aromatic amines is 1. The lowest BCUT2D eigenvalue weighted by Crippen LogP contribution is -2.11. The van der Waals surface area contributed by atoms with Crippen LogP contribution in [-0.2, 0) is 6.42 Å². The minimum atomic E-state index is -0.202. The Bertz CT molecular complexity index is 1040. The summed E-state index contributed by atoms with van der Waals surface area (Å²) >= 11 is 7.36. The zero-order valence-corrected chi connectivity index (χ0v) is 15.6. The third kappa shape index (κ3) is 4.21. The lowest BCUT2D eigenvalue weighted by atomic mass is 10.1. The molecule has 27 heavy (non-hydrogen) atoms. The summed E-state index contributed by atoms with van der Waals surface area (Å²) in [6.45, 7) is 0. The second-order valence-electron chi connectivity index (χ2n) is 5.80. The van der Waals surface area contributed by atoms with Crippen molar-refractivity contribution in [1.29, 1.82) is 0 Å². The Morgan fingerprint density at radius 3 is 2.56 bits per heavy atom. The Morgan fingerprint density at radius 2 is 1.85 bits per heavy atom. The van der Waals surface area contributed by atoms with Crippen LogP contribution in [0.2, 0.25) is 5.02 Å². The molecule has 2 aromatic heterocycles. The molecule has 1 amide bonds. The maximum Gasteiger partial charge on any atom is 0.257 e. The number of hydrogen-bond acceptors (Lipinski definition) is 5. The summed E-state index contributed by atoms with van der Waals surface area (Å²) in [4.78, 5) is 21.9. The van der Waals surface area contributed by atoms with Crippen LogP contribution in [0, 0.1) is 0 Å². The molecule has 2 aromatic carbocycles. The van der Waals surface area contributed by atoms with Crippen LogP contribution in [0.25, 0.3) is 11.4 Å². The van der Waals surface area contributed by atoms with E-state index < -0.39 is 0 Å². The van der Waals surface area contributed by atoms with Crippen LogP contribution in [0.4, 0.5) is 5.13 Å². The second kappa shape index (κ2) is 7.69. The summed E-state index contributed by atoms with van der Waals surface area (Å²) in [6.07, 6.45) is 3.97. The standard InChI is InChI=1S/C19H14ClN5OS/c20-15-7-1-12(2-8-15)9-16-10-21-19(27-16)24-18(26)14-5-3-13(4-6-14)17-22-11-23-25-17/h1-8,10-11H,9H2,(H,21,24,26)(H,22,23,25). The first-order chi connectivity index (χ1) is 13.2. The van der Waals surface area contributed by atoms with Gasteiger partial charge in [-0.25, -0.2) is 9.97 Å². The van der Waals surface area contributed by atoms with Gasteiger partial charge in [-0.3, -0.25) is 15.2 Å². The monoisotopic (exact) mass is 395 g/mol. The van der Waals surface area contributed by atoms with Crippen LogP contribution in [0.1, 0.15) is 20.8 Å². The van der Waals surface area contributed by atoms with Crippen molar-refractivity contribution in [3.05, 3.63) is 82.1 Å². The van der Waals surface area contributed by atoms with Crippen molar-refractivity contribution < 1.29 is 4.79 Å². The van der Waals surface area contributed by atoms with Crippen LogP contribution < -0.4 is 5.32 Å². The fourth-order valence-corrected chi connectivity index (χ4v) is 3.51. The molecule has 0 bridgehead atoms. The molecular formula is C19H14ClN5OS. The molecule has 0 spiro atoms. The number of carbonyl (C=O) groups excluding carboxylic acids is 1. The van der Waals surface area contributed by atoms with E-state index in [1.807, 2.05) is 36.4 Å². The summed E-state index contributed by atoms with van der Waals surface area (Å²) in [5, 5.41) is 10.7. The van der Waals surface area contributed by atoms with Crippen LogP contribution in [-0.4, -0.2) is 26.1 Å². The second-order valence-corrected chi connectivity index (χ2v) is 7.35. The number of rotatable bonds is 5. The Balaban J connectivity index is 1.41. The summed E-state index contributed by atoms with van der Waals surface area (Å²) < 4.78 is 0. The first kappa shape index (κ1) is 17.4. The fraction of sp³-hybridized carbons (Fsp3) is 0.0526. The maximum absolute atomic E-state index is 12.4. The molecule has 0 aliphatic heterocycles. The highest BCUT2D eigenvalue weighted by atomic mass is 35.5. The number of hydrogen-bond donors (Lipinski definition) is 2. The van der Waals surface area contributed by atoms with Crippen LogP contribution in [0.15, 0.2) is 61.1 Å². The number of H-pyrrole nitrogens is 1. The number of nitrogens with zero attached hydrogens (tertiary/aromatic N) is 3. The summed E-state index contributed by atoms with van der Waals surface area (Å²) in [6, 6.07) is 14.8. The SMILES string of the molecule is O=C(Nc1ncc(Cc2ccc(Cl)cc2)s1)c1ccc(-c2ncn[nH]2)cc1. The third-order valence-electron chi connectivity index (χ3n) is 3.90. The highest BCUT2D eigenvalue weighted by molar-refractivity contribution is 7.15. The van der Waals surface area contributed by atoms with Crippen molar-refractivity contribution in [3.63, 3.8) is 0 Å². The molecule has 0 aliphatic carbocycles. The zero-order chi connectivity index (χ0) is 18.6. The number of nitrogens with one attached hydrogen (secondary N) is 2. The normalized spacial score (nSPS) is 10.7. The molecule has 4 rings (SSSR count). The topological polar surface area (TPSA) is 83.6 Å². The fourth-order valence-electron chi connectivity index (χ4n) is 2.54. The number of thiazole rings is 1. The van der Waals surface area contributed by atoms with Gasteiger partial charge in [-0.2, -0.15) is 5.10 Å². The summed E-state index contributed by atoms with van der Waals surface area (Å²) in [5.41, 5.74) is 2.56. The van der Waals surface area contributed by atoms with Gasteiger partial charge in [-0.1, -0.05) is 35.9 Å². The summed E-state index contributed by atoms with van der Waals surface area (Å²) in [5.74, 6) is 0.459. The molecule has 0 saturated heterocycles. The zero-order valence-electron chi connectivity index (χ0n) is 14.0. The van der Waals surface area contributed by atoms with Gasteiger partial charge >= 0.3 is 0 Å². The van der Waals surface area contributed by atoms with Crippen molar-refractivity contribution in [1.82, 2.24) is 20.2 Å². The van der Waals surface area contributed by atoms with E-state index in [0.717, 1.165) is 22.4 Å². The van der Waals surface area contributed by atoms with Crippen LogP contribution in [0.3, 0.4) is 0 Å². The lowest BCUT2D eigenvalue weighted by Gasteiger charge is -2.03. The van der Waals surface area contributed by atoms with Gasteiger partial charge in [0.25, 0.3) is 5.91 Å². The van der Waals surface area contributed by atoms with Crippen molar-refractivity contribution in [2.75, 3.05) is 5.32 Å². The first-order valence-electron chi connectivity index (χ1n) is 8.14. The Morgan fingerprint density at radius 1 is 1.07 bits per heavy atom.